The molecule has 1 fully saturated rings. The second kappa shape index (κ2) is 4.51. The van der Waals surface area contributed by atoms with Gasteiger partial charge in [0.05, 0.1) is 18.9 Å². The minimum absolute atomic E-state index is 0.134. The Morgan fingerprint density at radius 3 is 2.87 bits per heavy atom. The van der Waals surface area contributed by atoms with Gasteiger partial charge in [0.25, 0.3) is 0 Å². The van der Waals surface area contributed by atoms with Crippen molar-refractivity contribution in [2.75, 3.05) is 25.1 Å². The summed E-state index contributed by atoms with van der Waals surface area (Å²) in [6.07, 6.45) is 1.10. The molecule has 0 amide bonds. The Morgan fingerprint density at radius 1 is 1.40 bits per heavy atom. The summed E-state index contributed by atoms with van der Waals surface area (Å²) in [6, 6.07) is 7.99. The van der Waals surface area contributed by atoms with Crippen LogP contribution in [0.5, 0.6) is 5.75 Å². The van der Waals surface area contributed by atoms with Crippen LogP contribution in [0, 0.1) is 0 Å². The second-order valence-corrected chi connectivity index (χ2v) is 3.66. The average Bonchev–Trinajstić information content (AvgIpc) is 2.77. The van der Waals surface area contributed by atoms with Gasteiger partial charge in [-0.15, -0.1) is 0 Å². The van der Waals surface area contributed by atoms with Crippen molar-refractivity contribution in [3.63, 3.8) is 0 Å². The Hall–Kier alpha value is -1.26. The molecule has 82 valence electrons. The summed E-state index contributed by atoms with van der Waals surface area (Å²) in [6.45, 7) is 1.79. The number of hydrogen-bond donors (Lipinski definition) is 1. The average molecular weight is 208 g/mol. The highest BCUT2D eigenvalue weighted by atomic mass is 16.6. The molecule has 1 heterocycles. The molecule has 0 aromatic heterocycles. The minimum Gasteiger partial charge on any atom is -0.495 e. The summed E-state index contributed by atoms with van der Waals surface area (Å²) in [5.41, 5.74) is 1.11. The monoisotopic (exact) mass is 208 g/mol. The maximum absolute atomic E-state index is 5.31. The largest absolute Gasteiger partial charge is 0.495 e. The van der Waals surface area contributed by atoms with Gasteiger partial charge in [-0.2, -0.15) is 0 Å². The fraction of sp³-hybridized carbons (Fsp3) is 0.455. The van der Waals surface area contributed by atoms with Gasteiger partial charge in [-0.25, -0.2) is 5.90 Å². The molecule has 0 aliphatic carbocycles. The number of methoxy groups -OCH3 is 1. The highest BCUT2D eigenvalue weighted by molar-refractivity contribution is 5.59. The van der Waals surface area contributed by atoms with E-state index in [0.717, 1.165) is 30.9 Å². The predicted octanol–water partition coefficient (Wildman–Crippen LogP) is 1.16. The molecule has 0 bridgehead atoms. The lowest BCUT2D eigenvalue weighted by Crippen LogP contribution is -2.24. The van der Waals surface area contributed by atoms with E-state index in [1.807, 2.05) is 18.2 Å². The van der Waals surface area contributed by atoms with Gasteiger partial charge in [0.15, 0.2) is 0 Å². The van der Waals surface area contributed by atoms with Crippen molar-refractivity contribution in [2.24, 2.45) is 5.90 Å². The van der Waals surface area contributed by atoms with Crippen molar-refractivity contribution >= 4 is 5.69 Å². The number of nitrogens with zero attached hydrogens (tertiary/aromatic N) is 1. The van der Waals surface area contributed by atoms with E-state index in [4.69, 9.17) is 15.5 Å². The number of nitrogens with two attached hydrogens (primary N) is 1. The van der Waals surface area contributed by atoms with Crippen LogP contribution in [0.4, 0.5) is 5.69 Å². The number of hydrogen-bond acceptors (Lipinski definition) is 4. The molecule has 0 radical (unpaired) electrons. The van der Waals surface area contributed by atoms with E-state index >= 15 is 0 Å². The lowest BCUT2D eigenvalue weighted by Gasteiger charge is -2.20. The Balaban J connectivity index is 2.16. The quantitative estimate of drug-likeness (QED) is 0.757. The lowest BCUT2D eigenvalue weighted by molar-refractivity contribution is 0.0690. The van der Waals surface area contributed by atoms with Crippen LogP contribution in [0.3, 0.4) is 0 Å². The summed E-state index contributed by atoms with van der Waals surface area (Å²) in [7, 11) is 1.69. The smallest absolute Gasteiger partial charge is 0.142 e. The normalized spacial score (nSPS) is 20.7. The van der Waals surface area contributed by atoms with Crippen molar-refractivity contribution in [2.45, 2.75) is 12.5 Å². The third-order valence-corrected chi connectivity index (χ3v) is 2.76. The SMILES string of the molecule is COc1ccccc1N1CCC(ON)C1. The molecule has 2 rings (SSSR count). The van der Waals surface area contributed by atoms with Crippen molar-refractivity contribution in [1.29, 1.82) is 0 Å². The molecular weight excluding hydrogens is 192 g/mol. The molecule has 0 spiro atoms. The van der Waals surface area contributed by atoms with Crippen LogP contribution in [0.2, 0.25) is 0 Å². The van der Waals surface area contributed by atoms with E-state index in [-0.39, 0.29) is 6.10 Å². The third-order valence-electron chi connectivity index (χ3n) is 2.76. The van der Waals surface area contributed by atoms with Crippen LogP contribution in [-0.4, -0.2) is 26.3 Å². The highest BCUT2D eigenvalue weighted by Crippen LogP contribution is 2.30. The Labute approximate surface area is 89.5 Å². The summed E-state index contributed by atoms with van der Waals surface area (Å²) >= 11 is 0. The fourth-order valence-electron chi connectivity index (χ4n) is 1.95. The lowest BCUT2D eigenvalue weighted by atomic mass is 10.2. The van der Waals surface area contributed by atoms with E-state index in [1.54, 1.807) is 7.11 Å². The van der Waals surface area contributed by atoms with Crippen molar-refractivity contribution in [3.05, 3.63) is 24.3 Å². The number of benzene rings is 1. The molecule has 1 aliphatic heterocycles. The van der Waals surface area contributed by atoms with E-state index in [9.17, 15) is 0 Å². The Morgan fingerprint density at radius 2 is 2.20 bits per heavy atom. The van der Waals surface area contributed by atoms with Crippen LogP contribution < -0.4 is 15.5 Å². The molecule has 4 heteroatoms. The third kappa shape index (κ3) is 2.06. The number of anilines is 1. The number of rotatable bonds is 3. The zero-order chi connectivity index (χ0) is 10.7. The first-order chi connectivity index (χ1) is 7.35. The van der Waals surface area contributed by atoms with Gasteiger partial charge in [-0.3, -0.25) is 4.84 Å². The first-order valence-corrected chi connectivity index (χ1v) is 5.08. The van der Waals surface area contributed by atoms with E-state index in [2.05, 4.69) is 11.0 Å². The van der Waals surface area contributed by atoms with Crippen LogP contribution in [-0.2, 0) is 4.84 Å². The molecule has 1 atom stereocenters. The molecular formula is C11H16N2O2. The number of ether oxygens (including phenoxy) is 1. The standard InChI is InChI=1S/C11H16N2O2/c1-14-11-5-3-2-4-10(11)13-7-6-9(8-13)15-12/h2-5,9H,6-8,12H2,1H3. The van der Waals surface area contributed by atoms with Gasteiger partial charge in [0.1, 0.15) is 5.75 Å². The Bertz CT molecular complexity index is 330. The molecule has 0 saturated carbocycles. The topological polar surface area (TPSA) is 47.7 Å². The van der Waals surface area contributed by atoms with Gasteiger partial charge >= 0.3 is 0 Å². The minimum atomic E-state index is 0.134. The maximum atomic E-state index is 5.31. The molecule has 1 saturated heterocycles. The van der Waals surface area contributed by atoms with Crippen LogP contribution in [0.1, 0.15) is 6.42 Å². The molecule has 2 N–H and O–H groups in total. The molecule has 1 aromatic rings. The number of para-hydroxylation sites is 2. The zero-order valence-corrected chi connectivity index (χ0v) is 8.85. The van der Waals surface area contributed by atoms with Gasteiger partial charge < -0.3 is 9.64 Å². The Kier molecular flexibility index (Phi) is 3.08. The second-order valence-electron chi connectivity index (χ2n) is 3.66. The van der Waals surface area contributed by atoms with Crippen LogP contribution >= 0.6 is 0 Å². The van der Waals surface area contributed by atoms with Crippen molar-refractivity contribution in [1.82, 2.24) is 0 Å². The predicted molar refractivity (Wildman–Crippen MR) is 58.9 cm³/mol. The highest BCUT2D eigenvalue weighted by Gasteiger charge is 2.24. The maximum Gasteiger partial charge on any atom is 0.142 e. The summed E-state index contributed by atoms with van der Waals surface area (Å²) in [4.78, 5) is 7.09. The molecule has 1 aromatic carbocycles. The van der Waals surface area contributed by atoms with Gasteiger partial charge in [0.2, 0.25) is 0 Å². The van der Waals surface area contributed by atoms with Gasteiger partial charge in [-0.1, -0.05) is 12.1 Å². The summed E-state index contributed by atoms with van der Waals surface area (Å²) < 4.78 is 5.31. The zero-order valence-electron chi connectivity index (χ0n) is 8.85. The van der Waals surface area contributed by atoms with E-state index in [1.165, 1.54) is 0 Å². The summed E-state index contributed by atoms with van der Waals surface area (Å²) in [5, 5.41) is 0. The molecule has 1 aliphatic rings. The fourth-order valence-corrected chi connectivity index (χ4v) is 1.95. The van der Waals surface area contributed by atoms with Crippen LogP contribution in [0.25, 0.3) is 0 Å². The van der Waals surface area contributed by atoms with Gasteiger partial charge in [-0.05, 0) is 18.6 Å². The van der Waals surface area contributed by atoms with E-state index < -0.39 is 0 Å². The first kappa shape index (κ1) is 10.3. The molecule has 15 heavy (non-hydrogen) atoms. The van der Waals surface area contributed by atoms with E-state index in [0.29, 0.717) is 0 Å². The summed E-state index contributed by atoms with van der Waals surface area (Å²) in [5.74, 6) is 6.09. The van der Waals surface area contributed by atoms with Crippen molar-refractivity contribution in [3.8, 4) is 5.75 Å². The van der Waals surface area contributed by atoms with Gasteiger partial charge in [0, 0.05) is 13.1 Å². The van der Waals surface area contributed by atoms with Crippen molar-refractivity contribution < 1.29 is 9.57 Å². The molecule has 1 unspecified atom stereocenters. The molecule has 4 nitrogen and oxygen atoms in total. The van der Waals surface area contributed by atoms with Crippen LogP contribution in [0.15, 0.2) is 24.3 Å². The first-order valence-electron chi connectivity index (χ1n) is 5.08.